The van der Waals surface area contributed by atoms with E-state index in [1.807, 2.05) is 0 Å². The van der Waals surface area contributed by atoms with E-state index in [2.05, 4.69) is 10.3 Å². The molecular weight excluding hydrogens is 208 g/mol. The molecule has 0 saturated heterocycles. The number of pyridine rings is 1. The van der Waals surface area contributed by atoms with Crippen molar-refractivity contribution >= 4 is 11.9 Å². The van der Waals surface area contributed by atoms with E-state index < -0.39 is 17.9 Å². The van der Waals surface area contributed by atoms with Gasteiger partial charge in [-0.2, -0.15) is 0 Å². The fourth-order valence-corrected chi connectivity index (χ4v) is 1.18. The SMILES string of the molecule is CC(C(=O)N[C@@H](C)C(=O)O)c1cccnc1. The van der Waals surface area contributed by atoms with Crippen LogP contribution in [0.3, 0.4) is 0 Å². The van der Waals surface area contributed by atoms with Gasteiger partial charge in [0.25, 0.3) is 0 Å². The molecule has 1 heterocycles. The van der Waals surface area contributed by atoms with Crippen LogP contribution in [-0.4, -0.2) is 28.0 Å². The van der Waals surface area contributed by atoms with Crippen LogP contribution in [0.1, 0.15) is 25.3 Å². The lowest BCUT2D eigenvalue weighted by Gasteiger charge is -2.14. The first kappa shape index (κ1) is 12.2. The number of aliphatic carboxylic acids is 1. The standard InChI is InChI=1S/C11H14N2O3/c1-7(9-4-3-5-12-6-9)10(14)13-8(2)11(15)16/h3-8H,1-2H3,(H,13,14)(H,15,16)/t7?,8-/m0/s1. The highest BCUT2D eigenvalue weighted by atomic mass is 16.4. The Hall–Kier alpha value is -1.91. The van der Waals surface area contributed by atoms with E-state index in [1.165, 1.54) is 6.92 Å². The van der Waals surface area contributed by atoms with Crippen molar-refractivity contribution in [2.75, 3.05) is 0 Å². The minimum atomic E-state index is -1.05. The van der Waals surface area contributed by atoms with Crippen LogP contribution >= 0.6 is 0 Å². The van der Waals surface area contributed by atoms with Crippen LogP contribution in [0, 0.1) is 0 Å². The van der Waals surface area contributed by atoms with Crippen molar-refractivity contribution in [3.63, 3.8) is 0 Å². The fourth-order valence-electron chi connectivity index (χ4n) is 1.18. The maximum atomic E-state index is 11.7. The van der Waals surface area contributed by atoms with Crippen LogP contribution in [-0.2, 0) is 9.59 Å². The number of carbonyl (C=O) groups excluding carboxylic acids is 1. The Balaban J connectivity index is 2.65. The summed E-state index contributed by atoms with van der Waals surface area (Å²) >= 11 is 0. The van der Waals surface area contributed by atoms with Gasteiger partial charge < -0.3 is 10.4 Å². The van der Waals surface area contributed by atoms with Crippen molar-refractivity contribution in [3.05, 3.63) is 30.1 Å². The molecule has 1 aromatic rings. The molecular formula is C11H14N2O3. The van der Waals surface area contributed by atoms with Gasteiger partial charge in [-0.05, 0) is 25.5 Å². The average Bonchev–Trinajstić information content (AvgIpc) is 2.28. The zero-order valence-electron chi connectivity index (χ0n) is 9.18. The Bertz CT molecular complexity index is 378. The van der Waals surface area contributed by atoms with Gasteiger partial charge in [-0.1, -0.05) is 6.07 Å². The maximum Gasteiger partial charge on any atom is 0.325 e. The molecule has 16 heavy (non-hydrogen) atoms. The van der Waals surface area contributed by atoms with Gasteiger partial charge in [0.2, 0.25) is 5.91 Å². The number of nitrogens with zero attached hydrogens (tertiary/aromatic N) is 1. The molecule has 1 aromatic heterocycles. The molecule has 0 saturated carbocycles. The van der Waals surface area contributed by atoms with Crippen molar-refractivity contribution in [2.45, 2.75) is 25.8 Å². The Kier molecular flexibility index (Phi) is 3.99. The molecule has 1 unspecified atom stereocenters. The van der Waals surface area contributed by atoms with Crippen molar-refractivity contribution in [1.82, 2.24) is 10.3 Å². The van der Waals surface area contributed by atoms with Crippen LogP contribution in [0.25, 0.3) is 0 Å². The van der Waals surface area contributed by atoms with Crippen LogP contribution in [0.5, 0.6) is 0 Å². The lowest BCUT2D eigenvalue weighted by molar-refractivity contribution is -0.141. The van der Waals surface area contributed by atoms with E-state index >= 15 is 0 Å². The molecule has 5 nitrogen and oxygen atoms in total. The topological polar surface area (TPSA) is 79.3 Å². The van der Waals surface area contributed by atoms with Crippen LogP contribution in [0.2, 0.25) is 0 Å². The molecule has 0 fully saturated rings. The molecule has 2 N–H and O–H groups in total. The molecule has 1 amide bonds. The monoisotopic (exact) mass is 222 g/mol. The molecule has 0 aliphatic heterocycles. The predicted octanol–water partition coefficient (Wildman–Crippen LogP) is 0.774. The number of nitrogens with one attached hydrogen (secondary N) is 1. The summed E-state index contributed by atoms with van der Waals surface area (Å²) in [7, 11) is 0. The fraction of sp³-hybridized carbons (Fsp3) is 0.364. The highest BCUT2D eigenvalue weighted by Crippen LogP contribution is 2.13. The first-order chi connectivity index (χ1) is 7.52. The van der Waals surface area contributed by atoms with E-state index in [9.17, 15) is 9.59 Å². The summed E-state index contributed by atoms with van der Waals surface area (Å²) in [5, 5.41) is 11.1. The third kappa shape index (κ3) is 3.05. The molecule has 0 aromatic carbocycles. The summed E-state index contributed by atoms with van der Waals surface area (Å²) in [6, 6.07) is 2.63. The number of aromatic nitrogens is 1. The summed E-state index contributed by atoms with van der Waals surface area (Å²) in [5.74, 6) is -1.77. The predicted molar refractivity (Wildman–Crippen MR) is 57.9 cm³/mol. The summed E-state index contributed by atoms with van der Waals surface area (Å²) in [6.07, 6.45) is 3.21. The number of hydrogen-bond acceptors (Lipinski definition) is 3. The molecule has 1 rings (SSSR count). The van der Waals surface area contributed by atoms with Gasteiger partial charge in [0.1, 0.15) is 6.04 Å². The highest BCUT2D eigenvalue weighted by Gasteiger charge is 2.20. The van der Waals surface area contributed by atoms with Gasteiger partial charge in [0, 0.05) is 12.4 Å². The molecule has 0 radical (unpaired) electrons. The van der Waals surface area contributed by atoms with Crippen LogP contribution < -0.4 is 5.32 Å². The number of amides is 1. The first-order valence-electron chi connectivity index (χ1n) is 4.95. The van der Waals surface area contributed by atoms with E-state index in [4.69, 9.17) is 5.11 Å². The second kappa shape index (κ2) is 5.25. The van der Waals surface area contributed by atoms with Crippen molar-refractivity contribution in [1.29, 1.82) is 0 Å². The van der Waals surface area contributed by atoms with Crippen molar-refractivity contribution in [2.24, 2.45) is 0 Å². The quantitative estimate of drug-likeness (QED) is 0.788. The second-order valence-corrected chi connectivity index (χ2v) is 3.58. The number of rotatable bonds is 4. The summed E-state index contributed by atoms with van der Waals surface area (Å²) in [5.41, 5.74) is 0.762. The Morgan fingerprint density at radius 1 is 1.44 bits per heavy atom. The third-order valence-electron chi connectivity index (χ3n) is 2.31. The van der Waals surface area contributed by atoms with Gasteiger partial charge in [-0.15, -0.1) is 0 Å². The van der Waals surface area contributed by atoms with Crippen LogP contribution in [0.15, 0.2) is 24.5 Å². The summed E-state index contributed by atoms with van der Waals surface area (Å²) in [4.78, 5) is 26.1. The van der Waals surface area contributed by atoms with Gasteiger partial charge in [-0.25, -0.2) is 0 Å². The lowest BCUT2D eigenvalue weighted by Crippen LogP contribution is -2.40. The van der Waals surface area contributed by atoms with E-state index in [-0.39, 0.29) is 5.91 Å². The van der Waals surface area contributed by atoms with Crippen molar-refractivity contribution in [3.8, 4) is 0 Å². The Morgan fingerprint density at radius 3 is 2.62 bits per heavy atom. The normalized spacial score (nSPS) is 13.9. The zero-order chi connectivity index (χ0) is 12.1. The van der Waals surface area contributed by atoms with E-state index in [0.717, 1.165) is 5.56 Å². The molecule has 86 valence electrons. The second-order valence-electron chi connectivity index (χ2n) is 3.58. The molecule has 0 aliphatic carbocycles. The van der Waals surface area contributed by atoms with Gasteiger partial charge in [0.05, 0.1) is 5.92 Å². The minimum Gasteiger partial charge on any atom is -0.480 e. The number of hydrogen-bond donors (Lipinski definition) is 2. The van der Waals surface area contributed by atoms with Gasteiger partial charge in [0.15, 0.2) is 0 Å². The minimum absolute atomic E-state index is 0.317. The summed E-state index contributed by atoms with van der Waals surface area (Å²) in [6.45, 7) is 3.14. The van der Waals surface area contributed by atoms with Crippen molar-refractivity contribution < 1.29 is 14.7 Å². The number of carboxylic acids is 1. The third-order valence-corrected chi connectivity index (χ3v) is 2.31. The smallest absolute Gasteiger partial charge is 0.325 e. The molecule has 5 heteroatoms. The summed E-state index contributed by atoms with van der Waals surface area (Å²) < 4.78 is 0. The number of carbonyl (C=O) groups is 2. The molecule has 0 aliphatic rings. The van der Waals surface area contributed by atoms with E-state index in [1.54, 1.807) is 31.5 Å². The lowest BCUT2D eigenvalue weighted by atomic mass is 10.0. The van der Waals surface area contributed by atoms with E-state index in [0.29, 0.717) is 0 Å². The highest BCUT2D eigenvalue weighted by molar-refractivity contribution is 5.87. The Labute approximate surface area is 93.5 Å². The average molecular weight is 222 g/mol. The largest absolute Gasteiger partial charge is 0.480 e. The number of carboxylic acid groups (broad SMARTS) is 1. The first-order valence-corrected chi connectivity index (χ1v) is 4.95. The molecule has 2 atom stereocenters. The Morgan fingerprint density at radius 2 is 2.12 bits per heavy atom. The maximum absolute atomic E-state index is 11.7. The van der Waals surface area contributed by atoms with Gasteiger partial charge >= 0.3 is 5.97 Å². The molecule has 0 spiro atoms. The van der Waals surface area contributed by atoms with Gasteiger partial charge in [-0.3, -0.25) is 14.6 Å². The van der Waals surface area contributed by atoms with Crippen LogP contribution in [0.4, 0.5) is 0 Å². The zero-order valence-corrected chi connectivity index (χ0v) is 9.18. The molecule has 0 bridgehead atoms.